The van der Waals surface area contributed by atoms with Crippen LogP contribution >= 0.6 is 0 Å². The molecule has 0 atom stereocenters. The lowest BCUT2D eigenvalue weighted by atomic mass is 10.1. The first-order chi connectivity index (χ1) is 7.50. The summed E-state index contributed by atoms with van der Waals surface area (Å²) in [6.07, 6.45) is 0. The van der Waals surface area contributed by atoms with Crippen LogP contribution in [0, 0.1) is 0 Å². The summed E-state index contributed by atoms with van der Waals surface area (Å²) < 4.78 is 0. The molecule has 6 nitrogen and oxygen atoms in total. The third-order valence-electron chi connectivity index (χ3n) is 2.24. The highest BCUT2D eigenvalue weighted by Crippen LogP contribution is 2.29. The van der Waals surface area contributed by atoms with Gasteiger partial charge in [-0.25, -0.2) is 0 Å². The van der Waals surface area contributed by atoms with E-state index in [-0.39, 0.29) is 28.4 Å². The predicted octanol–water partition coefficient (Wildman–Crippen LogP) is 0.111. The van der Waals surface area contributed by atoms with Crippen molar-refractivity contribution in [1.29, 1.82) is 0 Å². The highest BCUT2D eigenvalue weighted by atomic mass is 16.2. The maximum absolute atomic E-state index is 11.5. The molecule has 3 amide bonds. The first kappa shape index (κ1) is 10.2. The average molecular weight is 219 g/mol. The number of imide groups is 1. The van der Waals surface area contributed by atoms with Gasteiger partial charge in [-0.05, 0) is 12.1 Å². The van der Waals surface area contributed by atoms with E-state index in [0.29, 0.717) is 0 Å². The van der Waals surface area contributed by atoms with Crippen molar-refractivity contribution in [3.8, 4) is 0 Å². The van der Waals surface area contributed by atoms with Gasteiger partial charge in [0.05, 0.1) is 22.5 Å². The molecule has 4 N–H and O–H groups in total. The van der Waals surface area contributed by atoms with Crippen LogP contribution in [-0.4, -0.2) is 17.7 Å². The van der Waals surface area contributed by atoms with Gasteiger partial charge in [-0.15, -0.1) is 0 Å². The van der Waals surface area contributed by atoms with E-state index in [1.165, 1.54) is 19.1 Å². The van der Waals surface area contributed by atoms with Gasteiger partial charge >= 0.3 is 0 Å². The molecule has 16 heavy (non-hydrogen) atoms. The molecular formula is C10H9N3O3. The maximum atomic E-state index is 11.5. The minimum Gasteiger partial charge on any atom is -0.397 e. The fourth-order valence-electron chi connectivity index (χ4n) is 1.59. The Kier molecular flexibility index (Phi) is 2.12. The van der Waals surface area contributed by atoms with Gasteiger partial charge in [0.2, 0.25) is 5.91 Å². The summed E-state index contributed by atoms with van der Waals surface area (Å²) in [7, 11) is 0. The molecule has 0 saturated carbocycles. The molecule has 0 radical (unpaired) electrons. The van der Waals surface area contributed by atoms with Crippen LogP contribution in [0.1, 0.15) is 27.6 Å². The number of amides is 3. The lowest BCUT2D eigenvalue weighted by Gasteiger charge is -2.09. The molecule has 0 saturated heterocycles. The monoisotopic (exact) mass is 219 g/mol. The summed E-state index contributed by atoms with van der Waals surface area (Å²) in [4.78, 5) is 33.8. The Labute approximate surface area is 90.8 Å². The van der Waals surface area contributed by atoms with Crippen LogP contribution in [0.5, 0.6) is 0 Å². The minimum atomic E-state index is -0.545. The van der Waals surface area contributed by atoms with Gasteiger partial charge in [-0.1, -0.05) is 0 Å². The number of carbonyl (C=O) groups is 3. The van der Waals surface area contributed by atoms with Crippen molar-refractivity contribution in [2.24, 2.45) is 0 Å². The Bertz CT molecular complexity index is 522. The molecule has 0 aliphatic carbocycles. The smallest absolute Gasteiger partial charge is 0.261 e. The van der Waals surface area contributed by atoms with Crippen molar-refractivity contribution < 1.29 is 14.4 Å². The van der Waals surface area contributed by atoms with Gasteiger partial charge in [-0.3, -0.25) is 19.7 Å². The van der Waals surface area contributed by atoms with Gasteiger partial charge in [0.25, 0.3) is 11.8 Å². The Morgan fingerprint density at radius 1 is 1.31 bits per heavy atom. The van der Waals surface area contributed by atoms with Crippen LogP contribution in [0.15, 0.2) is 12.1 Å². The normalized spacial score (nSPS) is 13.3. The average Bonchev–Trinajstić information content (AvgIpc) is 2.46. The molecule has 0 bridgehead atoms. The Morgan fingerprint density at radius 3 is 2.62 bits per heavy atom. The Morgan fingerprint density at radius 2 is 2.00 bits per heavy atom. The molecule has 1 heterocycles. The van der Waals surface area contributed by atoms with Crippen molar-refractivity contribution in [3.05, 3.63) is 23.3 Å². The molecule has 0 spiro atoms. The molecule has 1 aromatic carbocycles. The molecule has 1 aliphatic heterocycles. The van der Waals surface area contributed by atoms with E-state index in [4.69, 9.17) is 5.73 Å². The van der Waals surface area contributed by atoms with Crippen LogP contribution in [0.3, 0.4) is 0 Å². The molecule has 1 aromatic rings. The second kappa shape index (κ2) is 3.34. The van der Waals surface area contributed by atoms with Crippen molar-refractivity contribution in [2.75, 3.05) is 11.1 Å². The molecule has 0 unspecified atom stereocenters. The molecule has 6 heteroatoms. The third-order valence-corrected chi connectivity index (χ3v) is 2.24. The van der Waals surface area contributed by atoms with Crippen LogP contribution in [0.4, 0.5) is 11.4 Å². The van der Waals surface area contributed by atoms with Gasteiger partial charge in [0.1, 0.15) is 0 Å². The SMILES string of the molecule is CC(=O)Nc1c(N)ccc2c1C(=O)NC2=O. The summed E-state index contributed by atoms with van der Waals surface area (Å²) in [6.45, 7) is 1.30. The van der Waals surface area contributed by atoms with E-state index in [0.717, 1.165) is 0 Å². The standard InChI is InChI=1S/C10H9N3O3/c1-4(14)12-8-6(11)3-2-5-7(8)10(16)13-9(5)15/h2-3H,11H2,1H3,(H,12,14)(H,13,15,16). The molecule has 2 rings (SSSR count). The quantitative estimate of drug-likeness (QED) is 0.461. The number of hydrogen-bond acceptors (Lipinski definition) is 4. The van der Waals surface area contributed by atoms with Crippen LogP contribution in [0.25, 0.3) is 0 Å². The number of hydrogen-bond donors (Lipinski definition) is 3. The van der Waals surface area contributed by atoms with E-state index >= 15 is 0 Å². The van der Waals surface area contributed by atoms with E-state index in [9.17, 15) is 14.4 Å². The number of fused-ring (bicyclic) bond motifs is 1. The second-order valence-corrected chi connectivity index (χ2v) is 3.42. The molecule has 0 fully saturated rings. The highest BCUT2D eigenvalue weighted by molar-refractivity contribution is 6.25. The largest absolute Gasteiger partial charge is 0.397 e. The van der Waals surface area contributed by atoms with Gasteiger partial charge in [0.15, 0.2) is 0 Å². The summed E-state index contributed by atoms with van der Waals surface area (Å²) in [6, 6.07) is 2.93. The summed E-state index contributed by atoms with van der Waals surface area (Å²) in [5.41, 5.74) is 6.43. The molecule has 1 aliphatic rings. The zero-order valence-corrected chi connectivity index (χ0v) is 8.46. The second-order valence-electron chi connectivity index (χ2n) is 3.42. The summed E-state index contributed by atoms with van der Waals surface area (Å²) in [5.74, 6) is -1.38. The Hall–Kier alpha value is -2.37. The van der Waals surface area contributed by atoms with E-state index < -0.39 is 11.8 Å². The van der Waals surface area contributed by atoms with Crippen LogP contribution in [0.2, 0.25) is 0 Å². The highest BCUT2D eigenvalue weighted by Gasteiger charge is 2.30. The van der Waals surface area contributed by atoms with E-state index in [1.54, 1.807) is 0 Å². The van der Waals surface area contributed by atoms with Gasteiger partial charge < -0.3 is 11.1 Å². The lowest BCUT2D eigenvalue weighted by Crippen LogP contribution is -2.20. The molecular weight excluding hydrogens is 210 g/mol. The first-order valence-corrected chi connectivity index (χ1v) is 4.56. The van der Waals surface area contributed by atoms with E-state index in [1.807, 2.05) is 0 Å². The van der Waals surface area contributed by atoms with Crippen molar-refractivity contribution >= 4 is 29.1 Å². The number of nitrogen functional groups attached to an aromatic ring is 1. The Balaban J connectivity index is 2.64. The fraction of sp³-hybridized carbons (Fsp3) is 0.100. The summed E-state index contributed by atoms with van der Waals surface area (Å²) >= 11 is 0. The van der Waals surface area contributed by atoms with Crippen molar-refractivity contribution in [2.45, 2.75) is 6.92 Å². The topological polar surface area (TPSA) is 101 Å². The van der Waals surface area contributed by atoms with Gasteiger partial charge in [-0.2, -0.15) is 0 Å². The van der Waals surface area contributed by atoms with Crippen molar-refractivity contribution in [3.63, 3.8) is 0 Å². The fourth-order valence-corrected chi connectivity index (χ4v) is 1.59. The zero-order valence-electron chi connectivity index (χ0n) is 8.46. The van der Waals surface area contributed by atoms with E-state index in [2.05, 4.69) is 10.6 Å². The first-order valence-electron chi connectivity index (χ1n) is 4.56. The lowest BCUT2D eigenvalue weighted by molar-refractivity contribution is -0.114. The number of carbonyl (C=O) groups excluding carboxylic acids is 3. The number of anilines is 2. The number of nitrogens with two attached hydrogens (primary N) is 1. The molecule has 82 valence electrons. The zero-order chi connectivity index (χ0) is 11.9. The number of nitrogens with one attached hydrogen (secondary N) is 2. The third kappa shape index (κ3) is 1.40. The minimum absolute atomic E-state index is 0.125. The number of benzene rings is 1. The maximum Gasteiger partial charge on any atom is 0.261 e. The van der Waals surface area contributed by atoms with Crippen LogP contribution < -0.4 is 16.4 Å². The molecule has 0 aromatic heterocycles. The van der Waals surface area contributed by atoms with Crippen molar-refractivity contribution in [1.82, 2.24) is 5.32 Å². The van der Waals surface area contributed by atoms with Gasteiger partial charge in [0, 0.05) is 6.92 Å². The number of rotatable bonds is 1. The predicted molar refractivity (Wildman–Crippen MR) is 57.0 cm³/mol. The van der Waals surface area contributed by atoms with Crippen LogP contribution in [-0.2, 0) is 4.79 Å². The summed E-state index contributed by atoms with van der Waals surface area (Å²) in [5, 5.41) is 4.59.